The molecule has 132 valence electrons. The minimum absolute atomic E-state index is 0.136. The van der Waals surface area contributed by atoms with Crippen LogP contribution in [0, 0.1) is 6.92 Å². The molecule has 0 spiro atoms. The first kappa shape index (κ1) is 19.0. The highest BCUT2D eigenvalue weighted by Crippen LogP contribution is 2.21. The standard InChI is InChI=1S/C18H20ClN3O2S/c1-3-13-5-4-6-15(10-13)20-18(25)22-21-17(23)11-24-16-8-7-14(19)9-12(16)2/h4-10H,3,11H2,1-2H3,(H,21,23)(H2,20,22,25). The van der Waals surface area contributed by atoms with E-state index in [9.17, 15) is 4.79 Å². The lowest BCUT2D eigenvalue weighted by molar-refractivity contribution is -0.123. The summed E-state index contributed by atoms with van der Waals surface area (Å²) in [5.41, 5.74) is 8.06. The van der Waals surface area contributed by atoms with E-state index in [2.05, 4.69) is 23.1 Å². The zero-order chi connectivity index (χ0) is 18.2. The van der Waals surface area contributed by atoms with Crippen molar-refractivity contribution in [2.75, 3.05) is 11.9 Å². The van der Waals surface area contributed by atoms with Crippen LogP contribution >= 0.6 is 23.8 Å². The Hall–Kier alpha value is -2.31. The highest BCUT2D eigenvalue weighted by molar-refractivity contribution is 7.80. The number of carbonyl (C=O) groups excluding carboxylic acids is 1. The van der Waals surface area contributed by atoms with Gasteiger partial charge in [-0.3, -0.25) is 15.6 Å². The summed E-state index contributed by atoms with van der Waals surface area (Å²) in [5.74, 6) is 0.262. The molecule has 0 aliphatic carbocycles. The molecule has 25 heavy (non-hydrogen) atoms. The average molecular weight is 378 g/mol. The number of ether oxygens (including phenoxy) is 1. The summed E-state index contributed by atoms with van der Waals surface area (Å²) >= 11 is 11.0. The number of halogens is 1. The molecule has 2 aromatic carbocycles. The number of carbonyl (C=O) groups is 1. The van der Waals surface area contributed by atoms with E-state index >= 15 is 0 Å². The normalized spacial score (nSPS) is 10.0. The molecule has 0 unspecified atom stereocenters. The SMILES string of the molecule is CCc1cccc(NC(=S)NNC(=O)COc2ccc(Cl)cc2C)c1. The van der Waals surface area contributed by atoms with E-state index in [1.54, 1.807) is 18.2 Å². The van der Waals surface area contributed by atoms with Gasteiger partial charge in [0.1, 0.15) is 5.75 Å². The Kier molecular flexibility index (Phi) is 7.03. The quantitative estimate of drug-likeness (QED) is 0.549. The number of hydrogen-bond donors (Lipinski definition) is 3. The van der Waals surface area contributed by atoms with Crippen molar-refractivity contribution < 1.29 is 9.53 Å². The Morgan fingerprint density at radius 2 is 2.00 bits per heavy atom. The van der Waals surface area contributed by atoms with Gasteiger partial charge in [0, 0.05) is 10.7 Å². The van der Waals surface area contributed by atoms with Gasteiger partial charge in [-0.15, -0.1) is 0 Å². The second kappa shape index (κ2) is 9.25. The van der Waals surface area contributed by atoms with Crippen LogP contribution in [0.5, 0.6) is 5.75 Å². The van der Waals surface area contributed by atoms with Crippen LogP contribution in [0.25, 0.3) is 0 Å². The van der Waals surface area contributed by atoms with Gasteiger partial charge in [0.25, 0.3) is 5.91 Å². The van der Waals surface area contributed by atoms with Crippen LogP contribution in [0.1, 0.15) is 18.1 Å². The molecule has 0 saturated heterocycles. The summed E-state index contributed by atoms with van der Waals surface area (Å²) in [7, 11) is 0. The second-order valence-electron chi connectivity index (χ2n) is 5.38. The van der Waals surface area contributed by atoms with Crippen LogP contribution in [0.3, 0.4) is 0 Å². The van der Waals surface area contributed by atoms with Gasteiger partial charge < -0.3 is 10.1 Å². The van der Waals surface area contributed by atoms with Crippen LogP contribution in [-0.2, 0) is 11.2 Å². The lowest BCUT2D eigenvalue weighted by atomic mass is 10.1. The van der Waals surface area contributed by atoms with E-state index < -0.39 is 0 Å². The second-order valence-corrected chi connectivity index (χ2v) is 6.22. The Morgan fingerprint density at radius 3 is 2.72 bits per heavy atom. The number of thiocarbonyl (C=S) groups is 1. The fourth-order valence-electron chi connectivity index (χ4n) is 2.11. The van der Waals surface area contributed by atoms with Crippen LogP contribution in [0.2, 0.25) is 5.02 Å². The van der Waals surface area contributed by atoms with Gasteiger partial charge in [-0.05, 0) is 67.0 Å². The van der Waals surface area contributed by atoms with E-state index in [-0.39, 0.29) is 12.5 Å². The molecule has 0 radical (unpaired) electrons. The van der Waals surface area contributed by atoms with Gasteiger partial charge >= 0.3 is 0 Å². The Morgan fingerprint density at radius 1 is 1.20 bits per heavy atom. The monoisotopic (exact) mass is 377 g/mol. The minimum Gasteiger partial charge on any atom is -0.483 e. The molecule has 0 aliphatic heterocycles. The van der Waals surface area contributed by atoms with Crippen LogP contribution in [0.15, 0.2) is 42.5 Å². The third-order valence-corrected chi connectivity index (χ3v) is 3.84. The fraction of sp³-hybridized carbons (Fsp3) is 0.222. The zero-order valence-electron chi connectivity index (χ0n) is 14.1. The largest absolute Gasteiger partial charge is 0.483 e. The highest BCUT2D eigenvalue weighted by Gasteiger charge is 2.06. The van der Waals surface area contributed by atoms with Gasteiger partial charge in [-0.2, -0.15) is 0 Å². The van der Waals surface area contributed by atoms with Crippen LogP contribution in [-0.4, -0.2) is 17.6 Å². The van der Waals surface area contributed by atoms with Crippen molar-refractivity contribution in [3.63, 3.8) is 0 Å². The molecule has 0 heterocycles. The third-order valence-electron chi connectivity index (χ3n) is 3.40. The number of hydrazine groups is 1. The number of benzene rings is 2. The van der Waals surface area contributed by atoms with Crippen molar-refractivity contribution in [2.24, 2.45) is 0 Å². The maximum atomic E-state index is 11.8. The molecule has 0 fully saturated rings. The van der Waals surface area contributed by atoms with Crippen molar-refractivity contribution in [1.29, 1.82) is 0 Å². The van der Waals surface area contributed by atoms with E-state index in [0.717, 1.165) is 17.7 Å². The summed E-state index contributed by atoms with van der Waals surface area (Å²) in [6.45, 7) is 3.81. The minimum atomic E-state index is -0.346. The maximum absolute atomic E-state index is 11.8. The van der Waals surface area contributed by atoms with Gasteiger partial charge in [0.15, 0.2) is 11.7 Å². The van der Waals surface area contributed by atoms with E-state index in [4.69, 9.17) is 28.6 Å². The van der Waals surface area contributed by atoms with Crippen LogP contribution < -0.4 is 20.9 Å². The predicted octanol–water partition coefficient (Wildman–Crippen LogP) is 3.61. The first-order valence-corrected chi connectivity index (χ1v) is 8.60. The number of anilines is 1. The molecule has 2 rings (SSSR count). The lowest BCUT2D eigenvalue weighted by Gasteiger charge is -2.13. The van der Waals surface area contributed by atoms with Crippen molar-refractivity contribution in [1.82, 2.24) is 10.9 Å². The van der Waals surface area contributed by atoms with Crippen molar-refractivity contribution in [2.45, 2.75) is 20.3 Å². The molecule has 0 bridgehead atoms. The Balaban J connectivity index is 1.76. The lowest BCUT2D eigenvalue weighted by Crippen LogP contribution is -2.45. The number of nitrogens with one attached hydrogen (secondary N) is 3. The Bertz CT molecular complexity index is 768. The van der Waals surface area contributed by atoms with Gasteiger partial charge in [-0.1, -0.05) is 30.7 Å². The summed E-state index contributed by atoms with van der Waals surface area (Å²) < 4.78 is 5.46. The fourth-order valence-corrected chi connectivity index (χ4v) is 2.51. The van der Waals surface area contributed by atoms with Crippen molar-refractivity contribution in [3.05, 3.63) is 58.6 Å². The summed E-state index contributed by atoms with van der Waals surface area (Å²) in [4.78, 5) is 11.8. The number of hydrogen-bond acceptors (Lipinski definition) is 3. The van der Waals surface area contributed by atoms with Gasteiger partial charge in [-0.25, -0.2) is 0 Å². The summed E-state index contributed by atoms with van der Waals surface area (Å²) in [5, 5.41) is 3.93. The van der Waals surface area contributed by atoms with E-state index in [0.29, 0.717) is 15.9 Å². The summed E-state index contributed by atoms with van der Waals surface area (Å²) in [6, 6.07) is 13.1. The first-order valence-electron chi connectivity index (χ1n) is 7.81. The molecule has 0 aromatic heterocycles. The maximum Gasteiger partial charge on any atom is 0.276 e. The average Bonchev–Trinajstić information content (AvgIpc) is 2.59. The number of rotatable bonds is 5. The Labute approximate surface area is 157 Å². The predicted molar refractivity (Wildman–Crippen MR) is 105 cm³/mol. The van der Waals surface area contributed by atoms with Crippen molar-refractivity contribution >= 4 is 40.5 Å². The molecule has 3 N–H and O–H groups in total. The molecular formula is C18H20ClN3O2S. The molecule has 0 aliphatic rings. The molecule has 7 heteroatoms. The third kappa shape index (κ3) is 6.25. The zero-order valence-corrected chi connectivity index (χ0v) is 15.6. The molecule has 5 nitrogen and oxygen atoms in total. The molecule has 2 aromatic rings. The van der Waals surface area contributed by atoms with Crippen LogP contribution in [0.4, 0.5) is 5.69 Å². The molecular weight excluding hydrogens is 358 g/mol. The molecule has 0 atom stereocenters. The molecule has 1 amide bonds. The van der Waals surface area contributed by atoms with Gasteiger partial charge in [0.05, 0.1) is 0 Å². The van der Waals surface area contributed by atoms with Gasteiger partial charge in [0.2, 0.25) is 0 Å². The topological polar surface area (TPSA) is 62.4 Å². The van der Waals surface area contributed by atoms with E-state index in [1.807, 2.05) is 31.2 Å². The first-order chi connectivity index (χ1) is 12.0. The molecule has 0 saturated carbocycles. The smallest absolute Gasteiger partial charge is 0.276 e. The summed E-state index contributed by atoms with van der Waals surface area (Å²) in [6.07, 6.45) is 0.938. The van der Waals surface area contributed by atoms with Crippen molar-refractivity contribution in [3.8, 4) is 5.75 Å². The highest BCUT2D eigenvalue weighted by atomic mass is 35.5. The van der Waals surface area contributed by atoms with E-state index in [1.165, 1.54) is 5.56 Å². The number of aryl methyl sites for hydroxylation is 2. The number of amides is 1.